The van der Waals surface area contributed by atoms with Crippen LogP contribution in [0.25, 0.3) is 0 Å². The number of carbonyl (C=O) groups excluding carboxylic acids is 1. The van der Waals surface area contributed by atoms with E-state index in [0.717, 1.165) is 19.4 Å². The molecule has 0 radical (unpaired) electrons. The second-order valence-electron chi connectivity index (χ2n) is 6.77. The zero-order chi connectivity index (χ0) is 13.9. The van der Waals surface area contributed by atoms with Gasteiger partial charge < -0.3 is 15.7 Å². The zero-order valence-corrected chi connectivity index (χ0v) is 12.1. The number of hydrogen-bond donors (Lipinski definition) is 2. The number of carbonyl (C=O) groups is 1. The molecule has 1 aliphatic rings. The molecule has 0 spiro atoms. The maximum absolute atomic E-state index is 12.4. The average Bonchev–Trinajstić information content (AvgIpc) is 2.72. The zero-order valence-electron chi connectivity index (χ0n) is 12.1. The first kappa shape index (κ1) is 15.4. The first-order chi connectivity index (χ1) is 8.24. The molecule has 106 valence electrons. The summed E-state index contributed by atoms with van der Waals surface area (Å²) in [5.74, 6) is 0.301. The van der Waals surface area contributed by atoms with Crippen LogP contribution >= 0.6 is 0 Å². The van der Waals surface area contributed by atoms with Gasteiger partial charge in [0, 0.05) is 25.6 Å². The third-order valence-corrected chi connectivity index (χ3v) is 3.71. The molecule has 1 heterocycles. The number of amides is 1. The van der Waals surface area contributed by atoms with E-state index in [-0.39, 0.29) is 29.3 Å². The Labute approximate surface area is 111 Å². The van der Waals surface area contributed by atoms with Crippen LogP contribution in [0.15, 0.2) is 0 Å². The normalized spacial score (nSPS) is 24.1. The van der Waals surface area contributed by atoms with Gasteiger partial charge in [0.2, 0.25) is 5.91 Å². The van der Waals surface area contributed by atoms with E-state index in [1.165, 1.54) is 0 Å². The second kappa shape index (κ2) is 6.02. The molecule has 0 saturated carbocycles. The highest BCUT2D eigenvalue weighted by molar-refractivity contribution is 5.79. The van der Waals surface area contributed by atoms with Crippen LogP contribution in [0.1, 0.15) is 40.5 Å². The van der Waals surface area contributed by atoms with Gasteiger partial charge in [-0.05, 0) is 25.2 Å². The van der Waals surface area contributed by atoms with Crippen LogP contribution in [-0.4, -0.2) is 41.7 Å². The van der Waals surface area contributed by atoms with E-state index in [1.807, 2.05) is 4.90 Å². The standard InChI is InChI=1S/C14H28N2O2/c1-10(17)11-5-6-16(9-11)13(18)12(8-15)7-14(2,3)4/h10-12,17H,5-9,15H2,1-4H3. The van der Waals surface area contributed by atoms with E-state index in [4.69, 9.17) is 5.73 Å². The molecule has 3 unspecified atom stereocenters. The Morgan fingerprint density at radius 2 is 2.11 bits per heavy atom. The number of nitrogens with zero attached hydrogens (tertiary/aromatic N) is 1. The lowest BCUT2D eigenvalue weighted by Crippen LogP contribution is -2.40. The average molecular weight is 256 g/mol. The molecule has 1 aliphatic heterocycles. The lowest BCUT2D eigenvalue weighted by atomic mass is 9.84. The van der Waals surface area contributed by atoms with Crippen molar-refractivity contribution >= 4 is 5.91 Å². The van der Waals surface area contributed by atoms with Gasteiger partial charge >= 0.3 is 0 Å². The molecule has 4 nitrogen and oxygen atoms in total. The van der Waals surface area contributed by atoms with Crippen molar-refractivity contribution in [1.29, 1.82) is 0 Å². The van der Waals surface area contributed by atoms with E-state index >= 15 is 0 Å². The minimum atomic E-state index is -0.332. The summed E-state index contributed by atoms with van der Waals surface area (Å²) < 4.78 is 0. The van der Waals surface area contributed by atoms with Crippen molar-refractivity contribution in [3.63, 3.8) is 0 Å². The number of nitrogens with two attached hydrogens (primary N) is 1. The highest BCUT2D eigenvalue weighted by Crippen LogP contribution is 2.27. The maximum atomic E-state index is 12.4. The minimum Gasteiger partial charge on any atom is -0.393 e. The Hall–Kier alpha value is -0.610. The molecular formula is C14H28N2O2. The molecule has 0 aromatic heterocycles. The SMILES string of the molecule is CC(O)C1CCN(C(=O)C(CN)CC(C)(C)C)C1. The highest BCUT2D eigenvalue weighted by atomic mass is 16.3. The van der Waals surface area contributed by atoms with E-state index in [0.29, 0.717) is 13.1 Å². The lowest BCUT2D eigenvalue weighted by Gasteiger charge is -2.28. The molecule has 1 amide bonds. The van der Waals surface area contributed by atoms with Crippen LogP contribution in [0, 0.1) is 17.3 Å². The first-order valence-electron chi connectivity index (χ1n) is 6.91. The fourth-order valence-electron chi connectivity index (χ4n) is 2.65. The molecule has 18 heavy (non-hydrogen) atoms. The summed E-state index contributed by atoms with van der Waals surface area (Å²) in [6.45, 7) is 10.0. The fraction of sp³-hybridized carbons (Fsp3) is 0.929. The predicted molar refractivity (Wildman–Crippen MR) is 73.0 cm³/mol. The second-order valence-corrected chi connectivity index (χ2v) is 6.77. The molecule has 0 bridgehead atoms. The predicted octanol–water partition coefficient (Wildman–Crippen LogP) is 1.23. The Balaban J connectivity index is 2.58. The molecule has 3 atom stereocenters. The van der Waals surface area contributed by atoms with Gasteiger partial charge in [-0.3, -0.25) is 4.79 Å². The molecule has 0 aromatic carbocycles. The third kappa shape index (κ3) is 4.25. The maximum Gasteiger partial charge on any atom is 0.226 e. The van der Waals surface area contributed by atoms with Crippen LogP contribution in [0.5, 0.6) is 0 Å². The fourth-order valence-corrected chi connectivity index (χ4v) is 2.65. The van der Waals surface area contributed by atoms with Gasteiger partial charge in [-0.25, -0.2) is 0 Å². The summed E-state index contributed by atoms with van der Waals surface area (Å²) in [7, 11) is 0. The van der Waals surface area contributed by atoms with Crippen LogP contribution in [0.3, 0.4) is 0 Å². The molecule has 0 aromatic rings. The minimum absolute atomic E-state index is 0.0854. The highest BCUT2D eigenvalue weighted by Gasteiger charge is 2.33. The van der Waals surface area contributed by atoms with Gasteiger partial charge in [-0.2, -0.15) is 0 Å². The van der Waals surface area contributed by atoms with Gasteiger partial charge in [-0.1, -0.05) is 20.8 Å². The summed E-state index contributed by atoms with van der Waals surface area (Å²) in [6, 6.07) is 0. The van der Waals surface area contributed by atoms with Crippen molar-refractivity contribution in [3.05, 3.63) is 0 Å². The van der Waals surface area contributed by atoms with Crippen LogP contribution in [0.4, 0.5) is 0 Å². The van der Waals surface area contributed by atoms with E-state index in [1.54, 1.807) is 6.92 Å². The molecule has 1 saturated heterocycles. The third-order valence-electron chi connectivity index (χ3n) is 3.71. The van der Waals surface area contributed by atoms with Crippen molar-refractivity contribution in [2.45, 2.75) is 46.6 Å². The summed E-state index contributed by atoms with van der Waals surface area (Å²) in [6.07, 6.45) is 1.38. The molecule has 1 rings (SSSR count). The van der Waals surface area contributed by atoms with E-state index < -0.39 is 0 Å². The Kier molecular flexibility index (Phi) is 5.17. The molecule has 4 heteroatoms. The monoisotopic (exact) mass is 256 g/mol. The van der Waals surface area contributed by atoms with E-state index in [9.17, 15) is 9.90 Å². The van der Waals surface area contributed by atoms with Gasteiger partial charge in [0.05, 0.1) is 12.0 Å². The van der Waals surface area contributed by atoms with Crippen molar-refractivity contribution in [2.24, 2.45) is 23.0 Å². The van der Waals surface area contributed by atoms with Crippen molar-refractivity contribution in [3.8, 4) is 0 Å². The van der Waals surface area contributed by atoms with Gasteiger partial charge in [-0.15, -0.1) is 0 Å². The van der Waals surface area contributed by atoms with Crippen molar-refractivity contribution in [2.75, 3.05) is 19.6 Å². The summed E-state index contributed by atoms with van der Waals surface area (Å²) in [5, 5.41) is 9.57. The Morgan fingerprint density at radius 1 is 1.50 bits per heavy atom. The largest absolute Gasteiger partial charge is 0.393 e. The number of likely N-dealkylation sites (tertiary alicyclic amines) is 1. The van der Waals surface area contributed by atoms with Gasteiger partial charge in [0.15, 0.2) is 0 Å². The van der Waals surface area contributed by atoms with Crippen LogP contribution in [-0.2, 0) is 4.79 Å². The molecule has 1 fully saturated rings. The molecule has 0 aliphatic carbocycles. The first-order valence-corrected chi connectivity index (χ1v) is 6.91. The van der Waals surface area contributed by atoms with Gasteiger partial charge in [0.25, 0.3) is 0 Å². The topological polar surface area (TPSA) is 66.6 Å². The van der Waals surface area contributed by atoms with Crippen molar-refractivity contribution < 1.29 is 9.90 Å². The Bertz CT molecular complexity index is 284. The number of aliphatic hydroxyl groups is 1. The summed E-state index contributed by atoms with van der Waals surface area (Å²) >= 11 is 0. The lowest BCUT2D eigenvalue weighted by molar-refractivity contribution is -0.135. The van der Waals surface area contributed by atoms with Gasteiger partial charge in [0.1, 0.15) is 0 Å². The van der Waals surface area contributed by atoms with Crippen LogP contribution in [0.2, 0.25) is 0 Å². The quantitative estimate of drug-likeness (QED) is 0.795. The number of rotatable bonds is 4. The number of aliphatic hydroxyl groups excluding tert-OH is 1. The van der Waals surface area contributed by atoms with Crippen molar-refractivity contribution in [1.82, 2.24) is 4.90 Å². The summed E-state index contributed by atoms with van der Waals surface area (Å²) in [4.78, 5) is 14.3. The van der Waals surface area contributed by atoms with E-state index in [2.05, 4.69) is 20.8 Å². The van der Waals surface area contributed by atoms with Crippen LogP contribution < -0.4 is 5.73 Å². The Morgan fingerprint density at radius 3 is 2.50 bits per heavy atom. The summed E-state index contributed by atoms with van der Waals surface area (Å²) in [5.41, 5.74) is 5.86. The smallest absolute Gasteiger partial charge is 0.226 e. The number of hydrogen-bond acceptors (Lipinski definition) is 3. The molecular weight excluding hydrogens is 228 g/mol. The molecule has 3 N–H and O–H groups in total.